The number of amides is 1. The Labute approximate surface area is 152 Å². The van der Waals surface area contributed by atoms with Crippen molar-refractivity contribution in [3.8, 4) is 0 Å². The second-order valence-electron chi connectivity index (χ2n) is 7.16. The summed E-state index contributed by atoms with van der Waals surface area (Å²) in [5, 5.41) is 21.7. The molecule has 1 amide bonds. The molecule has 26 heavy (non-hydrogen) atoms. The maximum absolute atomic E-state index is 11.6. The summed E-state index contributed by atoms with van der Waals surface area (Å²) in [5.41, 5.74) is 3.29. The molecule has 0 spiro atoms. The van der Waals surface area contributed by atoms with Crippen molar-refractivity contribution in [2.45, 2.75) is 38.9 Å². The van der Waals surface area contributed by atoms with Crippen LogP contribution in [0.15, 0.2) is 12.1 Å². The van der Waals surface area contributed by atoms with Crippen molar-refractivity contribution in [2.24, 2.45) is 5.92 Å². The molecule has 3 N–H and O–H groups in total. The van der Waals surface area contributed by atoms with E-state index in [0.29, 0.717) is 24.6 Å². The Balaban J connectivity index is 1.51. The molecule has 3 rings (SSSR count). The van der Waals surface area contributed by atoms with Gasteiger partial charge in [0.2, 0.25) is 0 Å². The lowest BCUT2D eigenvalue weighted by molar-refractivity contribution is 0.0535. The van der Waals surface area contributed by atoms with E-state index in [4.69, 9.17) is 9.84 Å². The number of carboxylic acid groups (broad SMARTS) is 1. The highest BCUT2D eigenvalue weighted by Crippen LogP contribution is 2.30. The lowest BCUT2D eigenvalue weighted by Gasteiger charge is -2.33. The highest BCUT2D eigenvalue weighted by atomic mass is 16.5. The molecule has 0 unspecified atom stereocenters. The van der Waals surface area contributed by atoms with Crippen LogP contribution in [0.2, 0.25) is 0 Å². The topological polar surface area (TPSA) is 99.1 Å². The molecule has 0 aliphatic carbocycles. The standard InChI is InChI=1S/C19H26N2O5/c1-12-14(2-3-15-16(12)11-26-18(15)23)17(22)10-21-8-5-13(6-9-21)4-7-20-19(24)25/h2-3,13,17,20,22H,4-11H2,1H3,(H,24,25)/t17-/m0/s1. The van der Waals surface area contributed by atoms with Crippen LogP contribution in [0.3, 0.4) is 0 Å². The molecule has 0 aromatic heterocycles. The lowest BCUT2D eigenvalue weighted by atomic mass is 9.92. The molecule has 2 heterocycles. The Morgan fingerprint density at radius 2 is 2.12 bits per heavy atom. The summed E-state index contributed by atoms with van der Waals surface area (Å²) in [6.07, 6.45) is 1.32. The average molecular weight is 362 g/mol. The minimum atomic E-state index is -0.970. The van der Waals surface area contributed by atoms with Gasteiger partial charge in [-0.15, -0.1) is 0 Å². The second-order valence-corrected chi connectivity index (χ2v) is 7.16. The first kappa shape index (κ1) is 18.7. The maximum atomic E-state index is 11.6. The zero-order chi connectivity index (χ0) is 18.7. The van der Waals surface area contributed by atoms with Crippen molar-refractivity contribution in [3.05, 3.63) is 34.4 Å². The first-order valence-electron chi connectivity index (χ1n) is 9.12. The van der Waals surface area contributed by atoms with Crippen LogP contribution in [0.5, 0.6) is 0 Å². The third kappa shape index (κ3) is 4.16. The summed E-state index contributed by atoms with van der Waals surface area (Å²) in [6, 6.07) is 3.58. The summed E-state index contributed by atoms with van der Waals surface area (Å²) < 4.78 is 5.07. The molecule has 1 fully saturated rings. The van der Waals surface area contributed by atoms with Crippen LogP contribution in [0.4, 0.5) is 4.79 Å². The Morgan fingerprint density at radius 3 is 2.81 bits per heavy atom. The molecule has 0 saturated carbocycles. The quantitative estimate of drug-likeness (QED) is 0.670. The van der Waals surface area contributed by atoms with Crippen LogP contribution in [0, 0.1) is 12.8 Å². The van der Waals surface area contributed by atoms with Gasteiger partial charge in [0.25, 0.3) is 0 Å². The molecule has 1 aromatic carbocycles. The van der Waals surface area contributed by atoms with E-state index in [-0.39, 0.29) is 12.6 Å². The van der Waals surface area contributed by atoms with Crippen LogP contribution in [-0.4, -0.2) is 53.4 Å². The van der Waals surface area contributed by atoms with Gasteiger partial charge in [-0.25, -0.2) is 9.59 Å². The third-order valence-electron chi connectivity index (χ3n) is 5.53. The Morgan fingerprint density at radius 1 is 1.38 bits per heavy atom. The number of carbonyl (C=O) groups excluding carboxylic acids is 1. The number of fused-ring (bicyclic) bond motifs is 1. The van der Waals surface area contributed by atoms with Crippen molar-refractivity contribution in [1.82, 2.24) is 10.2 Å². The molecular weight excluding hydrogens is 336 g/mol. The van der Waals surface area contributed by atoms with E-state index in [1.807, 2.05) is 13.0 Å². The molecule has 142 valence electrons. The van der Waals surface area contributed by atoms with Crippen molar-refractivity contribution >= 4 is 12.1 Å². The summed E-state index contributed by atoms with van der Waals surface area (Å²) in [5.74, 6) is 0.240. The zero-order valence-corrected chi connectivity index (χ0v) is 15.0. The highest BCUT2D eigenvalue weighted by molar-refractivity contribution is 5.93. The number of esters is 1. The lowest BCUT2D eigenvalue weighted by Crippen LogP contribution is -2.37. The van der Waals surface area contributed by atoms with E-state index in [2.05, 4.69) is 10.2 Å². The van der Waals surface area contributed by atoms with Gasteiger partial charge in [0.05, 0.1) is 11.7 Å². The number of hydrogen-bond acceptors (Lipinski definition) is 5. The van der Waals surface area contributed by atoms with Crippen molar-refractivity contribution in [2.75, 3.05) is 26.2 Å². The number of rotatable bonds is 6. The van der Waals surface area contributed by atoms with Gasteiger partial charge < -0.3 is 25.2 Å². The number of ether oxygens (including phenoxy) is 1. The van der Waals surface area contributed by atoms with E-state index in [1.165, 1.54) is 0 Å². The van der Waals surface area contributed by atoms with E-state index in [9.17, 15) is 14.7 Å². The first-order chi connectivity index (χ1) is 12.5. The molecular formula is C19H26N2O5. The molecule has 2 aliphatic heterocycles. The summed E-state index contributed by atoms with van der Waals surface area (Å²) in [7, 11) is 0. The van der Waals surface area contributed by atoms with Crippen LogP contribution in [0.25, 0.3) is 0 Å². The number of aliphatic hydroxyl groups is 1. The fourth-order valence-electron chi connectivity index (χ4n) is 3.91. The van der Waals surface area contributed by atoms with Gasteiger partial charge in [-0.1, -0.05) is 6.07 Å². The smallest absolute Gasteiger partial charge is 0.404 e. The molecule has 1 saturated heterocycles. The number of nitrogens with one attached hydrogen (secondary N) is 1. The Hall–Kier alpha value is -2.12. The second kappa shape index (κ2) is 8.05. The average Bonchev–Trinajstić information content (AvgIpc) is 2.98. The number of benzene rings is 1. The van der Waals surface area contributed by atoms with Crippen LogP contribution >= 0.6 is 0 Å². The van der Waals surface area contributed by atoms with Gasteiger partial charge in [0.15, 0.2) is 0 Å². The van der Waals surface area contributed by atoms with E-state index < -0.39 is 12.2 Å². The number of β-amino-alcohol motifs (C(OH)–C–C–N with tert-alkyl or cyclic N) is 1. The SMILES string of the molecule is Cc1c([C@@H](O)CN2CCC(CCNC(=O)O)CC2)ccc2c1COC2=O. The third-order valence-corrected chi connectivity index (χ3v) is 5.53. The predicted molar refractivity (Wildman–Crippen MR) is 95.1 cm³/mol. The van der Waals surface area contributed by atoms with Crippen molar-refractivity contribution < 1.29 is 24.5 Å². The van der Waals surface area contributed by atoms with Gasteiger partial charge in [0.1, 0.15) is 6.61 Å². The number of carbonyl (C=O) groups is 2. The van der Waals surface area contributed by atoms with Gasteiger partial charge in [-0.05, 0) is 62.4 Å². The number of likely N-dealkylation sites (tertiary alicyclic amines) is 1. The minimum Gasteiger partial charge on any atom is -0.465 e. The normalized spacial score (nSPS) is 19.1. The molecule has 7 nitrogen and oxygen atoms in total. The molecule has 1 atom stereocenters. The monoisotopic (exact) mass is 362 g/mol. The van der Waals surface area contributed by atoms with E-state index in [1.54, 1.807) is 6.07 Å². The van der Waals surface area contributed by atoms with Gasteiger partial charge in [-0.2, -0.15) is 0 Å². The molecule has 7 heteroatoms. The molecule has 1 aromatic rings. The van der Waals surface area contributed by atoms with Crippen LogP contribution in [-0.2, 0) is 11.3 Å². The van der Waals surface area contributed by atoms with E-state index in [0.717, 1.165) is 49.0 Å². The van der Waals surface area contributed by atoms with Gasteiger partial charge in [0, 0.05) is 18.7 Å². The Kier molecular flexibility index (Phi) is 5.78. The Bertz CT molecular complexity index is 683. The number of piperidine rings is 1. The number of aliphatic hydroxyl groups excluding tert-OH is 1. The number of nitrogens with zero attached hydrogens (tertiary/aromatic N) is 1. The predicted octanol–water partition coefficient (Wildman–Crippen LogP) is 2.07. The zero-order valence-electron chi connectivity index (χ0n) is 15.0. The fourth-order valence-corrected chi connectivity index (χ4v) is 3.91. The first-order valence-corrected chi connectivity index (χ1v) is 9.12. The minimum absolute atomic E-state index is 0.288. The largest absolute Gasteiger partial charge is 0.465 e. The molecule has 0 radical (unpaired) electrons. The highest BCUT2D eigenvalue weighted by Gasteiger charge is 2.27. The van der Waals surface area contributed by atoms with Gasteiger partial charge >= 0.3 is 12.1 Å². The van der Waals surface area contributed by atoms with Crippen LogP contribution in [0.1, 0.15) is 52.4 Å². The van der Waals surface area contributed by atoms with Crippen molar-refractivity contribution in [3.63, 3.8) is 0 Å². The summed E-state index contributed by atoms with van der Waals surface area (Å²) in [6.45, 7) is 5.09. The summed E-state index contributed by atoms with van der Waals surface area (Å²) in [4.78, 5) is 24.4. The molecule has 0 bridgehead atoms. The number of cyclic esters (lactones) is 1. The summed E-state index contributed by atoms with van der Waals surface area (Å²) >= 11 is 0. The molecule has 2 aliphatic rings. The van der Waals surface area contributed by atoms with Gasteiger partial charge in [-0.3, -0.25) is 0 Å². The van der Waals surface area contributed by atoms with E-state index >= 15 is 0 Å². The fraction of sp³-hybridized carbons (Fsp3) is 0.579. The van der Waals surface area contributed by atoms with Crippen LogP contribution < -0.4 is 5.32 Å². The number of hydrogen-bond donors (Lipinski definition) is 3. The van der Waals surface area contributed by atoms with Crippen molar-refractivity contribution in [1.29, 1.82) is 0 Å². The maximum Gasteiger partial charge on any atom is 0.404 e.